The minimum atomic E-state index is -0.223. The molecule has 1 rings (SSSR count). The summed E-state index contributed by atoms with van der Waals surface area (Å²) in [5, 5.41) is 3.25. The summed E-state index contributed by atoms with van der Waals surface area (Å²) in [7, 11) is 0. The minimum Gasteiger partial charge on any atom is -0.492 e. The van der Waals surface area contributed by atoms with Crippen molar-refractivity contribution in [1.82, 2.24) is 5.32 Å². The van der Waals surface area contributed by atoms with Gasteiger partial charge in [-0.05, 0) is 44.2 Å². The molecule has 0 saturated carbocycles. The maximum absolute atomic E-state index is 12.8. The molecule has 0 amide bonds. The Labute approximate surface area is 90.4 Å². The van der Waals surface area contributed by atoms with Crippen molar-refractivity contribution in [3.63, 3.8) is 0 Å². The number of aryl methyl sites for hydroxylation is 1. The monoisotopic (exact) mass is 211 g/mol. The van der Waals surface area contributed by atoms with Gasteiger partial charge in [0.25, 0.3) is 0 Å². The molecule has 0 bridgehead atoms. The summed E-state index contributed by atoms with van der Waals surface area (Å²) in [4.78, 5) is 0. The van der Waals surface area contributed by atoms with Crippen LogP contribution in [0, 0.1) is 12.7 Å². The van der Waals surface area contributed by atoms with Crippen LogP contribution in [0.15, 0.2) is 18.2 Å². The number of benzene rings is 1. The van der Waals surface area contributed by atoms with Crippen LogP contribution in [-0.4, -0.2) is 19.2 Å². The number of rotatable bonds is 5. The Kier molecular flexibility index (Phi) is 4.56. The molecule has 2 nitrogen and oxygen atoms in total. The Morgan fingerprint density at radius 2 is 2.20 bits per heavy atom. The van der Waals surface area contributed by atoms with E-state index in [1.807, 2.05) is 6.92 Å². The van der Waals surface area contributed by atoms with Crippen LogP contribution in [0.1, 0.15) is 19.4 Å². The van der Waals surface area contributed by atoms with Gasteiger partial charge in [-0.2, -0.15) is 0 Å². The molecule has 0 radical (unpaired) electrons. The molecule has 3 heteroatoms. The van der Waals surface area contributed by atoms with Crippen LogP contribution in [-0.2, 0) is 0 Å². The Morgan fingerprint density at radius 3 is 2.80 bits per heavy atom. The first-order chi connectivity index (χ1) is 7.13. The van der Waals surface area contributed by atoms with Crippen LogP contribution in [0.25, 0.3) is 0 Å². The van der Waals surface area contributed by atoms with E-state index in [0.29, 0.717) is 12.6 Å². The number of likely N-dealkylation sites (N-methyl/N-ethyl adjacent to an activating group) is 1. The molecule has 0 saturated heterocycles. The quantitative estimate of drug-likeness (QED) is 0.808. The third-order valence-corrected chi connectivity index (χ3v) is 2.18. The second-order valence-corrected chi connectivity index (χ2v) is 3.68. The molecule has 1 aromatic rings. The highest BCUT2D eigenvalue weighted by atomic mass is 19.1. The van der Waals surface area contributed by atoms with E-state index in [0.717, 1.165) is 17.9 Å². The molecule has 1 atom stereocenters. The molecule has 0 aromatic heterocycles. The van der Waals surface area contributed by atoms with E-state index in [1.54, 1.807) is 6.07 Å². The van der Waals surface area contributed by atoms with Gasteiger partial charge >= 0.3 is 0 Å². The van der Waals surface area contributed by atoms with E-state index in [2.05, 4.69) is 19.2 Å². The van der Waals surface area contributed by atoms with Crippen molar-refractivity contribution in [3.8, 4) is 5.75 Å². The number of hydrogen-bond donors (Lipinski definition) is 1. The lowest BCUT2D eigenvalue weighted by Gasteiger charge is -2.14. The smallest absolute Gasteiger partial charge is 0.123 e. The number of nitrogens with one attached hydrogen (secondary N) is 1. The second-order valence-electron chi connectivity index (χ2n) is 3.68. The molecule has 15 heavy (non-hydrogen) atoms. The Balaban J connectivity index is 2.50. The van der Waals surface area contributed by atoms with Crippen molar-refractivity contribution < 1.29 is 9.13 Å². The van der Waals surface area contributed by atoms with Crippen molar-refractivity contribution in [2.75, 3.05) is 13.2 Å². The van der Waals surface area contributed by atoms with Crippen LogP contribution >= 0.6 is 0 Å². The van der Waals surface area contributed by atoms with Crippen LogP contribution < -0.4 is 10.1 Å². The Hall–Kier alpha value is -1.09. The van der Waals surface area contributed by atoms with Crippen LogP contribution in [0.5, 0.6) is 5.75 Å². The molecular formula is C12H18FNO. The van der Waals surface area contributed by atoms with Gasteiger partial charge in [0.15, 0.2) is 0 Å². The predicted octanol–water partition coefficient (Wildman–Crippen LogP) is 2.51. The van der Waals surface area contributed by atoms with E-state index in [4.69, 9.17) is 4.74 Å². The summed E-state index contributed by atoms with van der Waals surface area (Å²) >= 11 is 0. The Bertz CT molecular complexity index is 314. The number of ether oxygens (including phenoxy) is 1. The molecule has 0 aliphatic carbocycles. The molecule has 84 valence electrons. The molecule has 0 fully saturated rings. The van der Waals surface area contributed by atoms with Gasteiger partial charge in [-0.1, -0.05) is 6.92 Å². The van der Waals surface area contributed by atoms with Crippen LogP contribution in [0.2, 0.25) is 0 Å². The third kappa shape index (κ3) is 3.88. The lowest BCUT2D eigenvalue weighted by molar-refractivity contribution is 0.273. The molecule has 1 unspecified atom stereocenters. The summed E-state index contributed by atoms with van der Waals surface area (Å²) in [6, 6.07) is 4.87. The van der Waals surface area contributed by atoms with Crippen LogP contribution in [0.4, 0.5) is 4.39 Å². The van der Waals surface area contributed by atoms with Gasteiger partial charge in [0, 0.05) is 6.04 Å². The normalized spacial score (nSPS) is 12.5. The van der Waals surface area contributed by atoms with Gasteiger partial charge in [-0.15, -0.1) is 0 Å². The highest BCUT2D eigenvalue weighted by Crippen LogP contribution is 2.18. The van der Waals surface area contributed by atoms with Crippen molar-refractivity contribution in [3.05, 3.63) is 29.6 Å². The Morgan fingerprint density at radius 1 is 1.47 bits per heavy atom. The zero-order valence-electron chi connectivity index (χ0n) is 9.51. The zero-order chi connectivity index (χ0) is 11.3. The van der Waals surface area contributed by atoms with Gasteiger partial charge in [0.2, 0.25) is 0 Å². The first kappa shape index (κ1) is 12.0. The van der Waals surface area contributed by atoms with Gasteiger partial charge in [-0.25, -0.2) is 4.39 Å². The summed E-state index contributed by atoms with van der Waals surface area (Å²) < 4.78 is 18.4. The average Bonchev–Trinajstić information content (AvgIpc) is 2.17. The lowest BCUT2D eigenvalue weighted by Crippen LogP contribution is -2.31. The van der Waals surface area contributed by atoms with E-state index >= 15 is 0 Å². The third-order valence-electron chi connectivity index (χ3n) is 2.18. The van der Waals surface area contributed by atoms with E-state index in [1.165, 1.54) is 12.1 Å². The summed E-state index contributed by atoms with van der Waals surface area (Å²) in [6.45, 7) is 7.48. The van der Waals surface area contributed by atoms with E-state index in [9.17, 15) is 4.39 Å². The van der Waals surface area contributed by atoms with E-state index < -0.39 is 0 Å². The maximum atomic E-state index is 12.8. The molecule has 0 aliphatic heterocycles. The maximum Gasteiger partial charge on any atom is 0.123 e. The highest BCUT2D eigenvalue weighted by molar-refractivity contribution is 5.32. The molecule has 0 aliphatic rings. The molecule has 1 aromatic carbocycles. The minimum absolute atomic E-state index is 0.223. The second kappa shape index (κ2) is 5.71. The van der Waals surface area contributed by atoms with Crippen molar-refractivity contribution in [1.29, 1.82) is 0 Å². The fourth-order valence-electron chi connectivity index (χ4n) is 1.40. The fourth-order valence-corrected chi connectivity index (χ4v) is 1.40. The predicted molar refractivity (Wildman–Crippen MR) is 59.8 cm³/mol. The largest absolute Gasteiger partial charge is 0.492 e. The van der Waals surface area contributed by atoms with Gasteiger partial charge in [0.1, 0.15) is 18.2 Å². The lowest BCUT2D eigenvalue weighted by atomic mass is 10.2. The van der Waals surface area contributed by atoms with Gasteiger partial charge in [-0.3, -0.25) is 0 Å². The summed E-state index contributed by atoms with van der Waals surface area (Å²) in [6.07, 6.45) is 0. The topological polar surface area (TPSA) is 21.3 Å². The SMILES string of the molecule is CCNC(C)COc1ccc(F)cc1C. The average molecular weight is 211 g/mol. The fraction of sp³-hybridized carbons (Fsp3) is 0.500. The molecule has 0 spiro atoms. The zero-order valence-corrected chi connectivity index (χ0v) is 9.51. The standard InChI is InChI=1S/C12H18FNO/c1-4-14-10(3)8-15-12-6-5-11(13)7-9(12)2/h5-7,10,14H,4,8H2,1-3H3. The first-order valence-electron chi connectivity index (χ1n) is 5.25. The van der Waals surface area contributed by atoms with E-state index in [-0.39, 0.29) is 5.82 Å². The molecule has 0 heterocycles. The van der Waals surface area contributed by atoms with Crippen molar-refractivity contribution >= 4 is 0 Å². The highest BCUT2D eigenvalue weighted by Gasteiger charge is 2.04. The molecule has 1 N–H and O–H groups in total. The van der Waals surface area contributed by atoms with Gasteiger partial charge < -0.3 is 10.1 Å². The van der Waals surface area contributed by atoms with Gasteiger partial charge in [0.05, 0.1) is 0 Å². The first-order valence-corrected chi connectivity index (χ1v) is 5.25. The van der Waals surface area contributed by atoms with Crippen LogP contribution in [0.3, 0.4) is 0 Å². The number of halogens is 1. The summed E-state index contributed by atoms with van der Waals surface area (Å²) in [5.41, 5.74) is 0.832. The summed E-state index contributed by atoms with van der Waals surface area (Å²) in [5.74, 6) is 0.528. The number of hydrogen-bond acceptors (Lipinski definition) is 2. The van der Waals surface area contributed by atoms with Crippen molar-refractivity contribution in [2.24, 2.45) is 0 Å². The molecular weight excluding hydrogens is 193 g/mol. The van der Waals surface area contributed by atoms with Crippen molar-refractivity contribution in [2.45, 2.75) is 26.8 Å².